The fraction of sp³-hybridized carbons (Fsp3) is 0.533. The zero-order valence-electron chi connectivity index (χ0n) is 11.0. The summed E-state index contributed by atoms with van der Waals surface area (Å²) < 4.78 is 1.14. The van der Waals surface area contributed by atoms with E-state index in [9.17, 15) is 4.79 Å². The van der Waals surface area contributed by atoms with Crippen LogP contribution in [-0.2, 0) is 10.2 Å². The molecule has 1 aromatic rings. The molecule has 2 fully saturated rings. The minimum absolute atomic E-state index is 0.0940. The SMILES string of the molecule is CN1CC(c2ccc(C3(CC(=O)O)CC3)cc2Br)C1. The third kappa shape index (κ3) is 2.43. The van der Waals surface area contributed by atoms with Gasteiger partial charge in [-0.05, 0) is 37.1 Å². The summed E-state index contributed by atoms with van der Waals surface area (Å²) in [5, 5.41) is 9.02. The van der Waals surface area contributed by atoms with Crippen LogP contribution in [-0.4, -0.2) is 36.1 Å². The van der Waals surface area contributed by atoms with Crippen molar-refractivity contribution in [3.63, 3.8) is 0 Å². The number of likely N-dealkylation sites (N-methyl/N-ethyl adjacent to an activating group) is 1. The van der Waals surface area contributed by atoms with E-state index in [1.165, 1.54) is 11.1 Å². The lowest BCUT2D eigenvalue weighted by Gasteiger charge is -2.37. The number of hydrogen-bond donors (Lipinski definition) is 1. The van der Waals surface area contributed by atoms with Crippen molar-refractivity contribution < 1.29 is 9.90 Å². The lowest BCUT2D eigenvalue weighted by molar-refractivity contribution is -0.137. The van der Waals surface area contributed by atoms with Gasteiger partial charge in [0.1, 0.15) is 0 Å². The maximum absolute atomic E-state index is 11.0. The van der Waals surface area contributed by atoms with Crippen LogP contribution in [0.4, 0.5) is 0 Å². The minimum Gasteiger partial charge on any atom is -0.481 e. The molecule has 1 saturated carbocycles. The van der Waals surface area contributed by atoms with E-state index in [2.05, 4.69) is 46.1 Å². The van der Waals surface area contributed by atoms with Gasteiger partial charge in [-0.1, -0.05) is 28.1 Å². The number of likely N-dealkylation sites (tertiary alicyclic amines) is 1. The van der Waals surface area contributed by atoms with Gasteiger partial charge in [-0.3, -0.25) is 4.79 Å². The predicted molar refractivity (Wildman–Crippen MR) is 77.5 cm³/mol. The quantitative estimate of drug-likeness (QED) is 0.926. The monoisotopic (exact) mass is 323 g/mol. The largest absolute Gasteiger partial charge is 0.481 e. The van der Waals surface area contributed by atoms with Gasteiger partial charge in [0.25, 0.3) is 0 Å². The van der Waals surface area contributed by atoms with E-state index in [-0.39, 0.29) is 11.8 Å². The van der Waals surface area contributed by atoms with Gasteiger partial charge in [0.2, 0.25) is 0 Å². The highest BCUT2D eigenvalue weighted by molar-refractivity contribution is 9.10. The third-order valence-corrected chi connectivity index (χ3v) is 5.15. The van der Waals surface area contributed by atoms with Crippen LogP contribution in [0.2, 0.25) is 0 Å². The number of nitrogens with zero attached hydrogens (tertiary/aromatic N) is 1. The molecule has 2 aliphatic rings. The Balaban J connectivity index is 1.82. The molecule has 1 aromatic carbocycles. The van der Waals surface area contributed by atoms with Crippen LogP contribution in [0.1, 0.15) is 36.3 Å². The van der Waals surface area contributed by atoms with E-state index in [1.54, 1.807) is 0 Å². The zero-order chi connectivity index (χ0) is 13.6. The van der Waals surface area contributed by atoms with Crippen molar-refractivity contribution in [1.82, 2.24) is 4.90 Å². The Kier molecular flexibility index (Phi) is 3.18. The lowest BCUT2D eigenvalue weighted by atomic mass is 9.87. The van der Waals surface area contributed by atoms with Crippen LogP contribution in [0, 0.1) is 0 Å². The molecule has 1 heterocycles. The van der Waals surface area contributed by atoms with Crippen molar-refractivity contribution in [3.05, 3.63) is 33.8 Å². The Morgan fingerprint density at radius 3 is 2.63 bits per heavy atom. The molecule has 0 spiro atoms. The van der Waals surface area contributed by atoms with E-state index in [4.69, 9.17) is 5.11 Å². The fourth-order valence-corrected chi connectivity index (χ4v) is 3.79. The summed E-state index contributed by atoms with van der Waals surface area (Å²) in [6, 6.07) is 6.46. The van der Waals surface area contributed by atoms with Gasteiger partial charge in [-0.25, -0.2) is 0 Å². The summed E-state index contributed by atoms with van der Waals surface area (Å²) in [4.78, 5) is 13.3. The summed E-state index contributed by atoms with van der Waals surface area (Å²) in [6.07, 6.45) is 2.25. The van der Waals surface area contributed by atoms with E-state index in [0.717, 1.165) is 30.4 Å². The first-order chi connectivity index (χ1) is 9.00. The third-order valence-electron chi connectivity index (χ3n) is 4.46. The predicted octanol–water partition coefficient (Wildman–Crippen LogP) is 2.98. The second-order valence-corrected chi connectivity index (χ2v) is 6.86. The first kappa shape index (κ1) is 13.1. The molecule has 0 aromatic heterocycles. The van der Waals surface area contributed by atoms with E-state index < -0.39 is 5.97 Å². The molecule has 3 rings (SSSR count). The molecule has 1 aliphatic heterocycles. The molecular weight excluding hydrogens is 306 g/mol. The maximum atomic E-state index is 11.0. The molecule has 0 unspecified atom stereocenters. The highest BCUT2D eigenvalue weighted by Gasteiger charge is 2.46. The molecule has 0 bridgehead atoms. The summed E-state index contributed by atoms with van der Waals surface area (Å²) in [7, 11) is 2.13. The topological polar surface area (TPSA) is 40.5 Å². The second-order valence-electron chi connectivity index (χ2n) is 6.01. The Morgan fingerprint density at radius 1 is 1.47 bits per heavy atom. The van der Waals surface area contributed by atoms with Crippen LogP contribution in [0.15, 0.2) is 22.7 Å². The highest BCUT2D eigenvalue weighted by atomic mass is 79.9. The summed E-state index contributed by atoms with van der Waals surface area (Å²) >= 11 is 3.66. The van der Waals surface area contributed by atoms with Crippen molar-refractivity contribution in [2.45, 2.75) is 30.6 Å². The summed E-state index contributed by atoms with van der Waals surface area (Å²) in [6.45, 7) is 2.22. The first-order valence-corrected chi connectivity index (χ1v) is 7.50. The number of hydrogen-bond acceptors (Lipinski definition) is 2. The second kappa shape index (κ2) is 4.60. The number of rotatable bonds is 4. The standard InChI is InChI=1S/C15H18BrNO2/c1-17-8-10(9-17)12-3-2-11(6-13(12)16)15(4-5-15)7-14(18)19/h2-3,6,10H,4-5,7-9H2,1H3,(H,18,19). The molecule has 0 atom stereocenters. The fourth-order valence-electron chi connectivity index (χ4n) is 3.09. The number of carbonyl (C=O) groups is 1. The smallest absolute Gasteiger partial charge is 0.304 e. The van der Waals surface area contributed by atoms with Gasteiger partial charge >= 0.3 is 5.97 Å². The Bertz CT molecular complexity index is 519. The molecule has 1 N–H and O–H groups in total. The average molecular weight is 324 g/mol. The Hall–Kier alpha value is -0.870. The molecule has 4 heteroatoms. The van der Waals surface area contributed by atoms with Crippen molar-refractivity contribution in [3.8, 4) is 0 Å². The molecule has 102 valence electrons. The molecule has 1 saturated heterocycles. The van der Waals surface area contributed by atoms with E-state index in [0.29, 0.717) is 5.92 Å². The van der Waals surface area contributed by atoms with Gasteiger partial charge in [0, 0.05) is 28.9 Å². The van der Waals surface area contributed by atoms with Crippen LogP contribution < -0.4 is 0 Å². The van der Waals surface area contributed by atoms with Crippen LogP contribution in [0.5, 0.6) is 0 Å². The van der Waals surface area contributed by atoms with Gasteiger partial charge in [-0.15, -0.1) is 0 Å². The van der Waals surface area contributed by atoms with Crippen molar-refractivity contribution >= 4 is 21.9 Å². The summed E-state index contributed by atoms with van der Waals surface area (Å²) in [5.74, 6) is -0.0821. The van der Waals surface area contributed by atoms with Crippen LogP contribution in [0.25, 0.3) is 0 Å². The van der Waals surface area contributed by atoms with E-state index >= 15 is 0 Å². The Labute approximate surface area is 121 Å². The van der Waals surface area contributed by atoms with Crippen molar-refractivity contribution in [2.75, 3.05) is 20.1 Å². The first-order valence-electron chi connectivity index (χ1n) is 6.70. The molecule has 1 aliphatic carbocycles. The number of aliphatic carboxylic acids is 1. The lowest BCUT2D eigenvalue weighted by Crippen LogP contribution is -2.41. The average Bonchev–Trinajstić information content (AvgIpc) is 3.05. The highest BCUT2D eigenvalue weighted by Crippen LogP contribution is 2.52. The molecule has 19 heavy (non-hydrogen) atoms. The van der Waals surface area contributed by atoms with Gasteiger partial charge in [0.05, 0.1) is 6.42 Å². The molecule has 3 nitrogen and oxygen atoms in total. The maximum Gasteiger partial charge on any atom is 0.304 e. The zero-order valence-corrected chi connectivity index (χ0v) is 12.6. The normalized spacial score (nSPS) is 22.0. The van der Waals surface area contributed by atoms with E-state index in [1.807, 2.05) is 0 Å². The Morgan fingerprint density at radius 2 is 2.16 bits per heavy atom. The van der Waals surface area contributed by atoms with Crippen LogP contribution >= 0.6 is 15.9 Å². The van der Waals surface area contributed by atoms with Crippen LogP contribution in [0.3, 0.4) is 0 Å². The minimum atomic E-state index is -0.696. The number of carboxylic acids is 1. The van der Waals surface area contributed by atoms with Gasteiger partial charge in [0.15, 0.2) is 0 Å². The molecular formula is C15H18BrNO2. The number of halogens is 1. The molecule has 0 amide bonds. The van der Waals surface area contributed by atoms with Gasteiger partial charge < -0.3 is 10.0 Å². The van der Waals surface area contributed by atoms with Crippen molar-refractivity contribution in [2.24, 2.45) is 0 Å². The number of benzene rings is 1. The molecule has 0 radical (unpaired) electrons. The summed E-state index contributed by atoms with van der Waals surface area (Å²) in [5.41, 5.74) is 2.44. The number of carboxylic acid groups (broad SMARTS) is 1. The van der Waals surface area contributed by atoms with Gasteiger partial charge in [-0.2, -0.15) is 0 Å². The van der Waals surface area contributed by atoms with Crippen molar-refractivity contribution in [1.29, 1.82) is 0 Å².